The van der Waals surface area contributed by atoms with Gasteiger partial charge in [-0.2, -0.15) is 0 Å². The van der Waals surface area contributed by atoms with Crippen molar-refractivity contribution in [2.24, 2.45) is 5.41 Å². The highest BCUT2D eigenvalue weighted by Crippen LogP contribution is 2.38. The Morgan fingerprint density at radius 1 is 0.875 bits per heavy atom. The summed E-state index contributed by atoms with van der Waals surface area (Å²) in [5, 5.41) is 18.7. The zero-order valence-electron chi connectivity index (χ0n) is 9.78. The van der Waals surface area contributed by atoms with Gasteiger partial charge in [-0.15, -0.1) is 0 Å². The van der Waals surface area contributed by atoms with Crippen LogP contribution < -0.4 is 0 Å². The van der Waals surface area contributed by atoms with Crippen LogP contribution in [0.1, 0.15) is 38.5 Å². The molecule has 16 heavy (non-hydrogen) atoms. The van der Waals surface area contributed by atoms with Crippen molar-refractivity contribution in [3.63, 3.8) is 0 Å². The molecule has 0 radical (unpaired) electrons. The van der Waals surface area contributed by atoms with Crippen LogP contribution in [0.2, 0.25) is 0 Å². The Bertz CT molecular complexity index is 219. The summed E-state index contributed by atoms with van der Waals surface area (Å²) in [6.45, 7) is 0.896. The number of hydrogen-bond acceptors (Lipinski definition) is 4. The van der Waals surface area contributed by atoms with Gasteiger partial charge in [0.15, 0.2) is 5.79 Å². The molecule has 1 heterocycles. The second kappa shape index (κ2) is 5.00. The minimum Gasteiger partial charge on any atom is -0.396 e. The number of rotatable bonds is 2. The standard InChI is InChI=1S/C12H22O4/c13-8-11(9-14)6-7-15-12(16-10-11)4-2-1-3-5-12/h13-14H,1-10H2. The molecule has 0 amide bonds. The zero-order valence-corrected chi connectivity index (χ0v) is 9.78. The van der Waals surface area contributed by atoms with Gasteiger partial charge in [-0.05, 0) is 19.3 Å². The van der Waals surface area contributed by atoms with Gasteiger partial charge in [-0.25, -0.2) is 0 Å². The van der Waals surface area contributed by atoms with Crippen molar-refractivity contribution in [1.29, 1.82) is 0 Å². The Kier molecular flexibility index (Phi) is 3.85. The van der Waals surface area contributed by atoms with Crippen LogP contribution in [0.4, 0.5) is 0 Å². The van der Waals surface area contributed by atoms with E-state index < -0.39 is 11.2 Å². The molecule has 4 nitrogen and oxygen atoms in total. The highest BCUT2D eigenvalue weighted by atomic mass is 16.7. The lowest BCUT2D eigenvalue weighted by atomic mass is 9.88. The minimum atomic E-state index is -0.513. The summed E-state index contributed by atoms with van der Waals surface area (Å²) in [4.78, 5) is 0. The number of aliphatic hydroxyl groups is 2. The first-order chi connectivity index (χ1) is 7.74. The van der Waals surface area contributed by atoms with E-state index in [2.05, 4.69) is 0 Å². The molecule has 1 aliphatic carbocycles. The quantitative estimate of drug-likeness (QED) is 0.744. The summed E-state index contributed by atoms with van der Waals surface area (Å²) in [6.07, 6.45) is 6.09. The molecule has 0 aromatic heterocycles. The van der Waals surface area contributed by atoms with Crippen LogP contribution in [0.25, 0.3) is 0 Å². The van der Waals surface area contributed by atoms with E-state index in [0.717, 1.165) is 25.7 Å². The van der Waals surface area contributed by atoms with Crippen LogP contribution in [0, 0.1) is 5.41 Å². The topological polar surface area (TPSA) is 58.9 Å². The van der Waals surface area contributed by atoms with Gasteiger partial charge in [0.05, 0.1) is 26.4 Å². The van der Waals surface area contributed by atoms with Crippen LogP contribution >= 0.6 is 0 Å². The van der Waals surface area contributed by atoms with Crippen LogP contribution in [0.5, 0.6) is 0 Å². The lowest BCUT2D eigenvalue weighted by molar-refractivity contribution is -0.246. The number of aliphatic hydroxyl groups excluding tert-OH is 2. The van der Waals surface area contributed by atoms with Gasteiger partial charge in [0, 0.05) is 18.3 Å². The lowest BCUT2D eigenvalue weighted by Gasteiger charge is -2.36. The first kappa shape index (κ1) is 12.3. The van der Waals surface area contributed by atoms with Gasteiger partial charge >= 0.3 is 0 Å². The molecule has 2 aliphatic rings. The summed E-state index contributed by atoms with van der Waals surface area (Å²) in [7, 11) is 0. The van der Waals surface area contributed by atoms with E-state index in [0.29, 0.717) is 19.6 Å². The fourth-order valence-corrected chi connectivity index (χ4v) is 2.53. The molecule has 1 saturated carbocycles. The van der Waals surface area contributed by atoms with E-state index in [-0.39, 0.29) is 13.2 Å². The highest BCUT2D eigenvalue weighted by molar-refractivity contribution is 4.84. The Hall–Kier alpha value is -0.160. The van der Waals surface area contributed by atoms with Crippen molar-refractivity contribution < 1.29 is 19.7 Å². The van der Waals surface area contributed by atoms with E-state index in [9.17, 15) is 10.2 Å². The van der Waals surface area contributed by atoms with E-state index in [1.165, 1.54) is 6.42 Å². The smallest absolute Gasteiger partial charge is 0.168 e. The molecule has 0 unspecified atom stereocenters. The van der Waals surface area contributed by atoms with E-state index in [1.807, 2.05) is 0 Å². The third kappa shape index (κ3) is 2.40. The second-order valence-corrected chi connectivity index (χ2v) is 5.17. The van der Waals surface area contributed by atoms with Crippen molar-refractivity contribution in [3.05, 3.63) is 0 Å². The predicted molar refractivity (Wildman–Crippen MR) is 58.9 cm³/mol. The van der Waals surface area contributed by atoms with Gasteiger partial charge in [-0.3, -0.25) is 0 Å². The SMILES string of the molecule is OCC1(CO)CCOC2(CCCCC2)OC1. The van der Waals surface area contributed by atoms with Gasteiger partial charge in [0.2, 0.25) is 0 Å². The maximum atomic E-state index is 9.36. The summed E-state index contributed by atoms with van der Waals surface area (Å²) in [5.74, 6) is -0.426. The monoisotopic (exact) mass is 230 g/mol. The second-order valence-electron chi connectivity index (χ2n) is 5.17. The summed E-state index contributed by atoms with van der Waals surface area (Å²) in [6, 6.07) is 0. The molecule has 1 saturated heterocycles. The van der Waals surface area contributed by atoms with Crippen LogP contribution in [0.3, 0.4) is 0 Å². The molecule has 0 aromatic carbocycles. The molecule has 2 N–H and O–H groups in total. The highest BCUT2D eigenvalue weighted by Gasteiger charge is 2.41. The van der Waals surface area contributed by atoms with E-state index in [4.69, 9.17) is 9.47 Å². The molecule has 0 atom stereocenters. The van der Waals surface area contributed by atoms with E-state index >= 15 is 0 Å². The maximum absolute atomic E-state index is 9.36. The lowest BCUT2D eigenvalue weighted by Crippen LogP contribution is -2.40. The third-order valence-electron chi connectivity index (χ3n) is 3.93. The fourth-order valence-electron chi connectivity index (χ4n) is 2.53. The van der Waals surface area contributed by atoms with E-state index in [1.54, 1.807) is 0 Å². The molecule has 2 fully saturated rings. The minimum absolute atomic E-state index is 0.0388. The van der Waals surface area contributed by atoms with Crippen molar-refractivity contribution in [2.45, 2.75) is 44.3 Å². The average molecular weight is 230 g/mol. The molecule has 1 aliphatic heterocycles. The zero-order chi connectivity index (χ0) is 11.5. The number of ether oxygens (including phenoxy) is 2. The van der Waals surface area contributed by atoms with Gasteiger partial charge in [0.25, 0.3) is 0 Å². The molecule has 2 rings (SSSR count). The van der Waals surface area contributed by atoms with Crippen molar-refractivity contribution in [3.8, 4) is 0 Å². The molecule has 0 bridgehead atoms. The van der Waals surface area contributed by atoms with Gasteiger partial charge < -0.3 is 19.7 Å². The fraction of sp³-hybridized carbons (Fsp3) is 1.00. The first-order valence-corrected chi connectivity index (χ1v) is 6.24. The van der Waals surface area contributed by atoms with Crippen molar-refractivity contribution in [2.75, 3.05) is 26.4 Å². The van der Waals surface area contributed by atoms with Crippen LogP contribution in [-0.4, -0.2) is 42.4 Å². The normalized spacial score (nSPS) is 28.9. The third-order valence-corrected chi connectivity index (χ3v) is 3.93. The Morgan fingerprint density at radius 3 is 2.19 bits per heavy atom. The predicted octanol–water partition coefficient (Wildman–Crippen LogP) is 1.05. The van der Waals surface area contributed by atoms with Gasteiger partial charge in [0.1, 0.15) is 0 Å². The molecule has 1 spiro atoms. The maximum Gasteiger partial charge on any atom is 0.168 e. The van der Waals surface area contributed by atoms with Crippen LogP contribution in [-0.2, 0) is 9.47 Å². The Balaban J connectivity index is 2.01. The van der Waals surface area contributed by atoms with Gasteiger partial charge in [-0.1, -0.05) is 6.42 Å². The van der Waals surface area contributed by atoms with Crippen LogP contribution in [0.15, 0.2) is 0 Å². The summed E-state index contributed by atoms with van der Waals surface area (Å²) >= 11 is 0. The average Bonchev–Trinajstić information content (AvgIpc) is 2.52. The molecule has 4 heteroatoms. The molecule has 0 aromatic rings. The number of hydrogen-bond donors (Lipinski definition) is 2. The summed E-state index contributed by atoms with van der Waals surface area (Å²) < 4.78 is 11.7. The Morgan fingerprint density at radius 2 is 1.56 bits per heavy atom. The summed E-state index contributed by atoms with van der Waals surface area (Å²) in [5.41, 5.74) is -0.513. The van der Waals surface area contributed by atoms with Crippen molar-refractivity contribution >= 4 is 0 Å². The Labute approximate surface area is 96.6 Å². The molecule has 94 valence electrons. The first-order valence-electron chi connectivity index (χ1n) is 6.24. The largest absolute Gasteiger partial charge is 0.396 e. The van der Waals surface area contributed by atoms with Crippen molar-refractivity contribution in [1.82, 2.24) is 0 Å². The molecular formula is C12H22O4. The molecular weight excluding hydrogens is 208 g/mol.